The van der Waals surface area contributed by atoms with Crippen LogP contribution in [-0.2, 0) is 26.3 Å². The molecular weight excluding hydrogens is 475 g/mol. The van der Waals surface area contributed by atoms with Gasteiger partial charge in [0.2, 0.25) is 0 Å². The molecule has 0 bridgehead atoms. The van der Waals surface area contributed by atoms with Crippen LogP contribution in [0.2, 0.25) is 0 Å². The van der Waals surface area contributed by atoms with E-state index >= 15 is 0 Å². The lowest BCUT2D eigenvalue weighted by molar-refractivity contribution is -0.175. The Morgan fingerprint density at radius 3 is 2.65 bits per heavy atom. The molecule has 186 valence electrons. The van der Waals surface area contributed by atoms with Gasteiger partial charge in [0, 0.05) is 11.3 Å². The summed E-state index contributed by atoms with van der Waals surface area (Å²) < 4.78 is 74.6. The van der Waals surface area contributed by atoms with E-state index in [1.54, 1.807) is 6.07 Å². The van der Waals surface area contributed by atoms with E-state index in [4.69, 9.17) is 0 Å². The zero-order valence-corrected chi connectivity index (χ0v) is 19.4. The molecule has 2 N–H and O–H groups in total. The zero-order valence-electron chi connectivity index (χ0n) is 18.6. The number of carbonyl (C=O) groups excluding carboxylic acids is 1. The number of allylic oxidation sites excluding steroid dienone is 2. The van der Waals surface area contributed by atoms with Crippen molar-refractivity contribution in [2.45, 2.75) is 51.3 Å². The molecule has 0 heterocycles. The SMILES string of the molecule is C=C1C[C@H](O)[C@@]2(C)CCC3=C(CCc4cc(N(C(=O)COCC(F)(F)F)S(=O)(=O)O)ccc43)[C@H]12. The molecule has 3 atom stereocenters. The van der Waals surface area contributed by atoms with Gasteiger partial charge in [-0.25, -0.2) is 0 Å². The molecule has 11 heteroatoms. The Morgan fingerprint density at radius 1 is 1.29 bits per heavy atom. The van der Waals surface area contributed by atoms with E-state index in [2.05, 4.69) is 18.2 Å². The first-order valence-electron chi connectivity index (χ1n) is 10.9. The van der Waals surface area contributed by atoms with Gasteiger partial charge in [0.25, 0.3) is 5.91 Å². The van der Waals surface area contributed by atoms with Crippen LogP contribution in [0, 0.1) is 11.3 Å². The van der Waals surface area contributed by atoms with Gasteiger partial charge in [-0.3, -0.25) is 9.35 Å². The molecule has 4 rings (SSSR count). The lowest BCUT2D eigenvalue weighted by atomic mass is 9.62. The van der Waals surface area contributed by atoms with Crippen LogP contribution in [0.5, 0.6) is 0 Å². The fraction of sp³-hybridized carbons (Fsp3) is 0.522. The number of fused-ring (bicyclic) bond motifs is 4. The number of rotatable bonds is 5. The van der Waals surface area contributed by atoms with Crippen molar-refractivity contribution < 1.29 is 40.8 Å². The highest BCUT2D eigenvalue weighted by Crippen LogP contribution is 2.59. The van der Waals surface area contributed by atoms with E-state index in [9.17, 15) is 36.0 Å². The molecule has 1 fully saturated rings. The quantitative estimate of drug-likeness (QED) is 0.469. The number of benzene rings is 1. The van der Waals surface area contributed by atoms with Crippen molar-refractivity contribution in [3.05, 3.63) is 47.1 Å². The van der Waals surface area contributed by atoms with Crippen LogP contribution >= 0.6 is 0 Å². The first kappa shape index (κ1) is 24.9. The summed E-state index contributed by atoms with van der Waals surface area (Å²) in [5.41, 5.74) is 4.57. The Labute approximate surface area is 195 Å². The van der Waals surface area contributed by atoms with Crippen molar-refractivity contribution in [3.63, 3.8) is 0 Å². The molecule has 1 aromatic rings. The maximum atomic E-state index is 12.4. The van der Waals surface area contributed by atoms with Gasteiger partial charge in [-0.05, 0) is 60.9 Å². The minimum atomic E-state index is -5.10. The van der Waals surface area contributed by atoms with Crippen LogP contribution in [0.4, 0.5) is 18.9 Å². The van der Waals surface area contributed by atoms with E-state index in [1.807, 2.05) is 0 Å². The minimum Gasteiger partial charge on any atom is -0.392 e. The summed E-state index contributed by atoms with van der Waals surface area (Å²) in [6.07, 6.45) is -1.86. The highest BCUT2D eigenvalue weighted by molar-refractivity contribution is 7.88. The normalized spacial score (nSPS) is 26.7. The van der Waals surface area contributed by atoms with Crippen molar-refractivity contribution in [3.8, 4) is 0 Å². The second-order valence-corrected chi connectivity index (χ2v) is 10.7. The van der Waals surface area contributed by atoms with Crippen LogP contribution in [0.25, 0.3) is 5.57 Å². The van der Waals surface area contributed by atoms with Crippen molar-refractivity contribution in [2.24, 2.45) is 11.3 Å². The number of aryl methyl sites for hydroxylation is 1. The molecular formula is C23H26F3NO6S. The van der Waals surface area contributed by atoms with Gasteiger partial charge in [-0.2, -0.15) is 25.9 Å². The van der Waals surface area contributed by atoms with Crippen LogP contribution < -0.4 is 4.31 Å². The fourth-order valence-electron chi connectivity index (χ4n) is 5.74. The molecule has 0 radical (unpaired) electrons. The number of aliphatic hydroxyl groups excluding tert-OH is 1. The number of alkyl halides is 3. The Bertz CT molecular complexity index is 1180. The largest absolute Gasteiger partial charge is 0.411 e. The number of hydrogen-bond acceptors (Lipinski definition) is 5. The third-order valence-electron chi connectivity index (χ3n) is 7.19. The molecule has 3 aliphatic carbocycles. The van der Waals surface area contributed by atoms with E-state index in [0.717, 1.165) is 35.1 Å². The maximum Gasteiger partial charge on any atom is 0.411 e. The standard InChI is InChI=1S/C23H26F3NO6S/c1-13-9-19(28)22(2)8-7-17-16-6-4-15(10-14(16)3-5-18(17)21(13)22)27(34(30,31)32)20(29)11-33-12-23(24,25)26/h4,6,10,19,21,28H,1,3,5,7-9,11-12H2,2H3,(H,30,31,32)/t19-,21-,22+/m0/s1. The lowest BCUT2D eigenvalue weighted by Gasteiger charge is -2.43. The number of anilines is 1. The number of ether oxygens (including phenoxy) is 1. The van der Waals surface area contributed by atoms with Crippen molar-refractivity contribution in [1.82, 2.24) is 0 Å². The van der Waals surface area contributed by atoms with Crippen molar-refractivity contribution >= 4 is 27.5 Å². The van der Waals surface area contributed by atoms with Crippen molar-refractivity contribution in [1.29, 1.82) is 0 Å². The summed E-state index contributed by atoms with van der Waals surface area (Å²) >= 11 is 0. The molecule has 3 aliphatic rings. The predicted molar refractivity (Wildman–Crippen MR) is 118 cm³/mol. The molecule has 0 unspecified atom stereocenters. The zero-order chi connectivity index (χ0) is 25.1. The molecule has 34 heavy (non-hydrogen) atoms. The number of halogens is 3. The number of amides is 1. The number of carbonyl (C=O) groups is 1. The van der Waals surface area contributed by atoms with Gasteiger partial charge in [0.15, 0.2) is 0 Å². The van der Waals surface area contributed by atoms with Crippen LogP contribution in [0.3, 0.4) is 0 Å². The highest BCUT2D eigenvalue weighted by Gasteiger charge is 2.52. The average Bonchev–Trinajstić information content (AvgIpc) is 2.94. The number of hydrogen-bond donors (Lipinski definition) is 2. The van der Waals surface area contributed by atoms with Gasteiger partial charge < -0.3 is 9.84 Å². The lowest BCUT2D eigenvalue weighted by Crippen LogP contribution is -2.40. The predicted octanol–water partition coefficient (Wildman–Crippen LogP) is 3.84. The molecule has 0 aliphatic heterocycles. The minimum absolute atomic E-state index is 0.0562. The molecule has 1 aromatic carbocycles. The fourth-order valence-corrected chi connectivity index (χ4v) is 6.43. The van der Waals surface area contributed by atoms with Crippen molar-refractivity contribution in [2.75, 3.05) is 17.5 Å². The summed E-state index contributed by atoms with van der Waals surface area (Å²) in [5.74, 6) is -1.27. The third-order valence-corrected chi connectivity index (χ3v) is 8.07. The van der Waals surface area contributed by atoms with Crippen LogP contribution in [0.15, 0.2) is 35.9 Å². The first-order chi connectivity index (χ1) is 15.7. The first-order valence-corrected chi connectivity index (χ1v) is 12.3. The summed E-state index contributed by atoms with van der Waals surface area (Å²) in [6.45, 7) is 3.38. The smallest absolute Gasteiger partial charge is 0.392 e. The molecule has 0 aromatic heterocycles. The number of nitrogens with zero attached hydrogens (tertiary/aromatic N) is 1. The summed E-state index contributed by atoms with van der Waals surface area (Å²) in [6, 6.07) is 4.47. The second kappa shape index (κ2) is 8.47. The monoisotopic (exact) mass is 501 g/mol. The summed E-state index contributed by atoms with van der Waals surface area (Å²) in [7, 11) is -5.10. The third kappa shape index (κ3) is 4.41. The number of aliphatic hydroxyl groups is 1. The van der Waals surface area contributed by atoms with Gasteiger partial charge in [-0.15, -0.1) is 0 Å². The molecule has 0 spiro atoms. The maximum absolute atomic E-state index is 12.4. The van der Waals surface area contributed by atoms with Gasteiger partial charge >= 0.3 is 16.5 Å². The van der Waals surface area contributed by atoms with Gasteiger partial charge in [0.1, 0.15) is 13.2 Å². The van der Waals surface area contributed by atoms with Gasteiger partial charge in [0.05, 0.1) is 11.8 Å². The molecule has 7 nitrogen and oxygen atoms in total. The van der Waals surface area contributed by atoms with E-state index in [-0.39, 0.29) is 21.3 Å². The summed E-state index contributed by atoms with van der Waals surface area (Å²) in [4.78, 5) is 12.4. The highest BCUT2D eigenvalue weighted by atomic mass is 32.2. The Hall–Kier alpha value is -2.21. The van der Waals surface area contributed by atoms with Gasteiger partial charge in [-0.1, -0.05) is 30.7 Å². The molecule has 0 saturated heterocycles. The van der Waals surface area contributed by atoms with E-state index < -0.39 is 41.7 Å². The van der Waals surface area contributed by atoms with E-state index in [1.165, 1.54) is 17.7 Å². The Kier molecular flexibility index (Phi) is 6.20. The average molecular weight is 502 g/mol. The molecule has 1 saturated carbocycles. The Balaban J connectivity index is 1.65. The van der Waals surface area contributed by atoms with E-state index in [0.29, 0.717) is 19.3 Å². The second-order valence-electron chi connectivity index (χ2n) is 9.41. The topological polar surface area (TPSA) is 104 Å². The molecule has 1 amide bonds. The van der Waals surface area contributed by atoms with Crippen LogP contribution in [0.1, 0.15) is 43.7 Å². The Morgan fingerprint density at radius 2 is 2.00 bits per heavy atom. The van der Waals surface area contributed by atoms with Crippen LogP contribution in [-0.4, -0.2) is 49.5 Å². The summed E-state index contributed by atoms with van der Waals surface area (Å²) in [5, 5.41) is 10.6.